The molecule has 0 fully saturated rings. The fraction of sp³-hybridized carbons (Fsp3) is 0.312. The summed E-state index contributed by atoms with van der Waals surface area (Å²) in [6, 6.07) is 11.9. The van der Waals surface area contributed by atoms with Gasteiger partial charge in [0.1, 0.15) is 0 Å². The summed E-state index contributed by atoms with van der Waals surface area (Å²) in [4.78, 5) is 11.4. The second-order valence-corrected chi connectivity index (χ2v) is 4.31. The summed E-state index contributed by atoms with van der Waals surface area (Å²) in [5, 5.41) is 2.21. The van der Waals surface area contributed by atoms with Gasteiger partial charge in [0.15, 0.2) is 0 Å². The normalized spacial score (nSPS) is 10.1. The molecule has 2 rings (SSSR count). The maximum Gasteiger partial charge on any atom is 0.249 e. The van der Waals surface area contributed by atoms with Gasteiger partial charge in [0.05, 0.1) is 0 Å². The molecular weight excluding hydrogens is 222 g/mol. The summed E-state index contributed by atoms with van der Waals surface area (Å²) in [5.74, 6) is -0.0541. The van der Waals surface area contributed by atoms with E-state index in [1.165, 1.54) is 0 Å². The van der Waals surface area contributed by atoms with Crippen molar-refractivity contribution in [2.45, 2.75) is 33.6 Å². The van der Waals surface area contributed by atoms with Gasteiger partial charge in [-0.25, -0.2) is 0 Å². The Morgan fingerprint density at radius 2 is 1.56 bits per heavy atom. The Bertz CT molecular complexity index is 544. The highest BCUT2D eigenvalue weighted by Crippen LogP contribution is 2.25. The Morgan fingerprint density at radius 3 is 2.00 bits per heavy atom. The van der Waals surface area contributed by atoms with Crippen LogP contribution in [0.2, 0.25) is 0 Å². The first-order chi connectivity index (χ1) is 8.59. The zero-order valence-corrected chi connectivity index (χ0v) is 11.5. The molecule has 0 aliphatic rings. The predicted molar refractivity (Wildman–Crippen MR) is 77.9 cm³/mol. The van der Waals surface area contributed by atoms with Crippen molar-refractivity contribution >= 4 is 16.7 Å². The number of carbonyl (C=O) groups is 1. The van der Waals surface area contributed by atoms with Gasteiger partial charge in [0.2, 0.25) is 5.91 Å². The largest absolute Gasteiger partial charge is 0.366 e. The zero-order valence-electron chi connectivity index (χ0n) is 11.5. The maximum absolute atomic E-state index is 11.4. The summed E-state index contributed by atoms with van der Waals surface area (Å²) in [5.41, 5.74) is 7.06. The molecule has 96 valence electrons. The molecule has 0 spiro atoms. The molecule has 2 aromatic rings. The van der Waals surface area contributed by atoms with E-state index in [1.807, 2.05) is 44.2 Å². The van der Waals surface area contributed by atoms with E-state index in [2.05, 4.69) is 19.9 Å². The van der Waals surface area contributed by atoms with E-state index in [0.29, 0.717) is 11.5 Å². The molecule has 0 unspecified atom stereocenters. The molecule has 0 radical (unpaired) electrons. The van der Waals surface area contributed by atoms with Gasteiger partial charge in [0, 0.05) is 5.56 Å². The third kappa shape index (κ3) is 2.89. The molecule has 0 atom stereocenters. The van der Waals surface area contributed by atoms with E-state index in [9.17, 15) is 4.79 Å². The molecule has 1 amide bonds. The van der Waals surface area contributed by atoms with Crippen LogP contribution in [-0.4, -0.2) is 5.91 Å². The highest BCUT2D eigenvalue weighted by molar-refractivity contribution is 5.99. The van der Waals surface area contributed by atoms with Crippen molar-refractivity contribution < 1.29 is 4.79 Å². The molecule has 0 saturated carbocycles. The second kappa shape index (κ2) is 6.20. The van der Waals surface area contributed by atoms with Crippen LogP contribution in [0.5, 0.6) is 0 Å². The van der Waals surface area contributed by atoms with Crippen molar-refractivity contribution in [3.8, 4) is 0 Å². The lowest BCUT2D eigenvalue weighted by Crippen LogP contribution is -2.14. The lowest BCUT2D eigenvalue weighted by Gasteiger charge is -2.12. The molecule has 2 nitrogen and oxygen atoms in total. The number of hydrogen-bond donors (Lipinski definition) is 1. The van der Waals surface area contributed by atoms with Crippen molar-refractivity contribution in [1.82, 2.24) is 0 Å². The van der Waals surface area contributed by atoms with Gasteiger partial charge in [0.25, 0.3) is 0 Å². The average molecular weight is 243 g/mol. The predicted octanol–water partition coefficient (Wildman–Crippen LogP) is 4.09. The monoisotopic (exact) mass is 243 g/mol. The van der Waals surface area contributed by atoms with Crippen LogP contribution in [0.25, 0.3) is 10.8 Å². The Morgan fingerprint density at radius 1 is 1.06 bits per heavy atom. The van der Waals surface area contributed by atoms with Crippen molar-refractivity contribution in [3.05, 3.63) is 47.5 Å². The molecule has 18 heavy (non-hydrogen) atoms. The summed E-state index contributed by atoms with van der Waals surface area (Å²) in [6.07, 6.45) is 0. The Kier molecular flexibility index (Phi) is 4.90. The number of primary amides is 1. The smallest absolute Gasteiger partial charge is 0.249 e. The zero-order chi connectivity index (χ0) is 13.7. The minimum atomic E-state index is -0.352. The quantitative estimate of drug-likeness (QED) is 0.848. The Balaban J connectivity index is 0.000000771. The fourth-order valence-corrected chi connectivity index (χ4v) is 1.95. The van der Waals surface area contributed by atoms with Crippen LogP contribution in [0.4, 0.5) is 0 Å². The molecule has 0 saturated heterocycles. The number of nitrogens with two attached hydrogens (primary N) is 1. The SMILES string of the molecule is CC.CC(C)c1cc2ccccc2cc1C(N)=O. The lowest BCUT2D eigenvalue weighted by molar-refractivity contribution is 0.0999. The van der Waals surface area contributed by atoms with Crippen molar-refractivity contribution in [1.29, 1.82) is 0 Å². The number of benzene rings is 2. The van der Waals surface area contributed by atoms with Crippen molar-refractivity contribution in [2.24, 2.45) is 5.73 Å². The topological polar surface area (TPSA) is 43.1 Å². The molecule has 0 bridgehead atoms. The van der Waals surface area contributed by atoms with Crippen LogP contribution in [0.15, 0.2) is 36.4 Å². The highest BCUT2D eigenvalue weighted by atomic mass is 16.1. The third-order valence-corrected chi connectivity index (χ3v) is 2.81. The summed E-state index contributed by atoms with van der Waals surface area (Å²) >= 11 is 0. The minimum absolute atomic E-state index is 0.298. The first kappa shape index (κ1) is 14.2. The van der Waals surface area contributed by atoms with Gasteiger partial charge >= 0.3 is 0 Å². The van der Waals surface area contributed by atoms with Gasteiger partial charge in [-0.15, -0.1) is 0 Å². The van der Waals surface area contributed by atoms with Gasteiger partial charge in [-0.1, -0.05) is 58.0 Å². The number of carbonyl (C=O) groups excluding carboxylic acids is 1. The first-order valence-corrected chi connectivity index (χ1v) is 6.42. The van der Waals surface area contributed by atoms with Gasteiger partial charge in [-0.05, 0) is 28.3 Å². The first-order valence-electron chi connectivity index (χ1n) is 6.42. The number of fused-ring (bicyclic) bond motifs is 1. The van der Waals surface area contributed by atoms with Crippen molar-refractivity contribution in [2.75, 3.05) is 0 Å². The Hall–Kier alpha value is -1.83. The molecule has 2 aromatic carbocycles. The Labute approximate surface area is 109 Å². The summed E-state index contributed by atoms with van der Waals surface area (Å²) in [6.45, 7) is 8.13. The molecule has 0 aliphatic heterocycles. The van der Waals surface area contributed by atoms with Crippen LogP contribution >= 0.6 is 0 Å². The molecular formula is C16H21NO. The molecule has 0 heterocycles. The van der Waals surface area contributed by atoms with Crippen LogP contribution in [-0.2, 0) is 0 Å². The van der Waals surface area contributed by atoms with E-state index < -0.39 is 0 Å². The van der Waals surface area contributed by atoms with Gasteiger partial charge in [-0.3, -0.25) is 4.79 Å². The molecule has 2 N–H and O–H groups in total. The number of rotatable bonds is 2. The van der Waals surface area contributed by atoms with E-state index >= 15 is 0 Å². The van der Waals surface area contributed by atoms with E-state index in [-0.39, 0.29) is 5.91 Å². The lowest BCUT2D eigenvalue weighted by atomic mass is 9.93. The second-order valence-electron chi connectivity index (χ2n) is 4.31. The third-order valence-electron chi connectivity index (χ3n) is 2.81. The van der Waals surface area contributed by atoms with Crippen LogP contribution in [0.3, 0.4) is 0 Å². The number of amides is 1. The molecule has 0 aromatic heterocycles. The van der Waals surface area contributed by atoms with Crippen LogP contribution in [0, 0.1) is 0 Å². The molecule has 0 aliphatic carbocycles. The standard InChI is InChI=1S/C14H15NO.C2H6/c1-9(2)12-7-10-5-3-4-6-11(10)8-13(12)14(15)16;1-2/h3-9H,1-2H3,(H2,15,16);1-2H3. The van der Waals surface area contributed by atoms with E-state index in [0.717, 1.165) is 16.3 Å². The maximum atomic E-state index is 11.4. The number of hydrogen-bond acceptors (Lipinski definition) is 1. The van der Waals surface area contributed by atoms with Crippen LogP contribution < -0.4 is 5.73 Å². The van der Waals surface area contributed by atoms with E-state index in [1.54, 1.807) is 0 Å². The fourth-order valence-electron chi connectivity index (χ4n) is 1.95. The van der Waals surface area contributed by atoms with Gasteiger partial charge < -0.3 is 5.73 Å². The summed E-state index contributed by atoms with van der Waals surface area (Å²) < 4.78 is 0. The van der Waals surface area contributed by atoms with Crippen molar-refractivity contribution in [3.63, 3.8) is 0 Å². The highest BCUT2D eigenvalue weighted by Gasteiger charge is 2.12. The molecule has 2 heteroatoms. The average Bonchev–Trinajstić information content (AvgIpc) is 2.39. The summed E-state index contributed by atoms with van der Waals surface area (Å²) in [7, 11) is 0. The van der Waals surface area contributed by atoms with Crippen LogP contribution in [0.1, 0.15) is 49.5 Å². The van der Waals surface area contributed by atoms with E-state index in [4.69, 9.17) is 5.73 Å². The van der Waals surface area contributed by atoms with Gasteiger partial charge in [-0.2, -0.15) is 0 Å². The minimum Gasteiger partial charge on any atom is -0.366 e.